The quantitative estimate of drug-likeness (QED) is 0.777. The van der Waals surface area contributed by atoms with E-state index in [2.05, 4.69) is 37.4 Å². The van der Waals surface area contributed by atoms with Crippen LogP contribution < -0.4 is 10.1 Å². The summed E-state index contributed by atoms with van der Waals surface area (Å²) in [5.41, 5.74) is 2.90. The standard InChI is InChI=1S/C17H27NO2/c1-13(2)12-20-9-8-18-16-6-4-14-5-7-17(19-3)11-15(14)10-16/h5,7,11,13,16,18H,4,6,8-10,12H2,1-3H3. The molecule has 0 saturated heterocycles. The third-order valence-corrected chi connectivity index (χ3v) is 3.77. The Kier molecular flexibility index (Phi) is 5.86. The van der Waals surface area contributed by atoms with Gasteiger partial charge in [-0.3, -0.25) is 0 Å². The van der Waals surface area contributed by atoms with Crippen molar-refractivity contribution in [2.75, 3.05) is 26.9 Å². The molecule has 1 aromatic rings. The molecule has 1 unspecified atom stereocenters. The maximum atomic E-state index is 5.61. The monoisotopic (exact) mass is 277 g/mol. The van der Waals surface area contributed by atoms with Crippen molar-refractivity contribution in [3.05, 3.63) is 29.3 Å². The molecular weight excluding hydrogens is 250 g/mol. The highest BCUT2D eigenvalue weighted by atomic mass is 16.5. The fourth-order valence-electron chi connectivity index (χ4n) is 2.69. The zero-order valence-electron chi connectivity index (χ0n) is 12.9. The molecule has 112 valence electrons. The summed E-state index contributed by atoms with van der Waals surface area (Å²) in [5.74, 6) is 1.58. The van der Waals surface area contributed by atoms with Crippen molar-refractivity contribution >= 4 is 0 Å². The molecule has 0 saturated carbocycles. The second-order valence-electron chi connectivity index (χ2n) is 6.00. The number of fused-ring (bicyclic) bond motifs is 1. The second-order valence-corrected chi connectivity index (χ2v) is 6.00. The van der Waals surface area contributed by atoms with Crippen molar-refractivity contribution in [1.29, 1.82) is 0 Å². The van der Waals surface area contributed by atoms with Gasteiger partial charge in [0, 0.05) is 19.2 Å². The molecule has 1 aliphatic rings. The molecule has 0 amide bonds. The van der Waals surface area contributed by atoms with Gasteiger partial charge in [-0.1, -0.05) is 19.9 Å². The number of rotatable bonds is 7. The van der Waals surface area contributed by atoms with Crippen LogP contribution >= 0.6 is 0 Å². The Morgan fingerprint density at radius 3 is 2.90 bits per heavy atom. The van der Waals surface area contributed by atoms with Crippen molar-refractivity contribution < 1.29 is 9.47 Å². The number of hydrogen-bond donors (Lipinski definition) is 1. The van der Waals surface area contributed by atoms with E-state index in [-0.39, 0.29) is 0 Å². The summed E-state index contributed by atoms with van der Waals surface area (Å²) in [6.07, 6.45) is 3.46. The predicted molar refractivity (Wildman–Crippen MR) is 82.5 cm³/mol. The summed E-state index contributed by atoms with van der Waals surface area (Å²) in [7, 11) is 1.73. The van der Waals surface area contributed by atoms with Crippen LogP contribution in [0.1, 0.15) is 31.4 Å². The van der Waals surface area contributed by atoms with E-state index in [0.717, 1.165) is 38.3 Å². The minimum Gasteiger partial charge on any atom is -0.497 e. The molecule has 0 spiro atoms. The summed E-state index contributed by atoms with van der Waals surface area (Å²) < 4.78 is 10.9. The second kappa shape index (κ2) is 7.65. The number of nitrogens with one attached hydrogen (secondary N) is 1. The first-order chi connectivity index (χ1) is 9.69. The molecule has 1 N–H and O–H groups in total. The minimum absolute atomic E-state index is 0.567. The number of hydrogen-bond acceptors (Lipinski definition) is 3. The normalized spacial score (nSPS) is 18.1. The number of methoxy groups -OCH3 is 1. The van der Waals surface area contributed by atoms with Crippen LogP contribution in [0.3, 0.4) is 0 Å². The maximum Gasteiger partial charge on any atom is 0.119 e. The van der Waals surface area contributed by atoms with Crippen LogP contribution in [0.25, 0.3) is 0 Å². The Balaban J connectivity index is 1.76. The molecule has 1 aliphatic carbocycles. The van der Waals surface area contributed by atoms with Gasteiger partial charge in [-0.2, -0.15) is 0 Å². The van der Waals surface area contributed by atoms with Crippen LogP contribution in [0.5, 0.6) is 5.75 Å². The van der Waals surface area contributed by atoms with E-state index < -0.39 is 0 Å². The average Bonchev–Trinajstić information content (AvgIpc) is 2.45. The van der Waals surface area contributed by atoms with E-state index in [1.54, 1.807) is 7.11 Å². The van der Waals surface area contributed by atoms with Gasteiger partial charge in [0.1, 0.15) is 5.75 Å². The van der Waals surface area contributed by atoms with Crippen molar-refractivity contribution in [2.45, 2.75) is 39.2 Å². The molecule has 0 fully saturated rings. The largest absolute Gasteiger partial charge is 0.497 e. The summed E-state index contributed by atoms with van der Waals surface area (Å²) >= 11 is 0. The van der Waals surface area contributed by atoms with Crippen LogP contribution in [0, 0.1) is 5.92 Å². The van der Waals surface area contributed by atoms with Crippen LogP contribution in [-0.4, -0.2) is 32.9 Å². The molecule has 3 heteroatoms. The lowest BCUT2D eigenvalue weighted by Crippen LogP contribution is -2.36. The van der Waals surface area contributed by atoms with Gasteiger partial charge in [-0.05, 0) is 48.4 Å². The van der Waals surface area contributed by atoms with E-state index >= 15 is 0 Å². The average molecular weight is 277 g/mol. The Morgan fingerprint density at radius 1 is 1.30 bits per heavy atom. The van der Waals surface area contributed by atoms with E-state index in [9.17, 15) is 0 Å². The van der Waals surface area contributed by atoms with Crippen molar-refractivity contribution in [3.8, 4) is 5.75 Å². The smallest absolute Gasteiger partial charge is 0.119 e. The number of ether oxygens (including phenoxy) is 2. The van der Waals surface area contributed by atoms with Gasteiger partial charge in [-0.25, -0.2) is 0 Å². The third-order valence-electron chi connectivity index (χ3n) is 3.77. The first-order valence-corrected chi connectivity index (χ1v) is 7.66. The van der Waals surface area contributed by atoms with Gasteiger partial charge in [0.2, 0.25) is 0 Å². The SMILES string of the molecule is COc1ccc2c(c1)CC(NCCOCC(C)C)CC2. The summed E-state index contributed by atoms with van der Waals surface area (Å²) in [4.78, 5) is 0. The van der Waals surface area contributed by atoms with E-state index in [0.29, 0.717) is 12.0 Å². The first-order valence-electron chi connectivity index (χ1n) is 7.66. The Bertz CT molecular complexity index is 417. The maximum absolute atomic E-state index is 5.61. The van der Waals surface area contributed by atoms with Gasteiger partial charge in [0.25, 0.3) is 0 Å². The summed E-state index contributed by atoms with van der Waals surface area (Å²) in [6, 6.07) is 7.01. The molecule has 0 radical (unpaired) electrons. The highest BCUT2D eigenvalue weighted by molar-refractivity contribution is 5.37. The van der Waals surface area contributed by atoms with Crippen molar-refractivity contribution in [3.63, 3.8) is 0 Å². The van der Waals surface area contributed by atoms with Crippen LogP contribution in [0.15, 0.2) is 18.2 Å². The number of benzene rings is 1. The topological polar surface area (TPSA) is 30.5 Å². The molecular formula is C17H27NO2. The fraction of sp³-hybridized carbons (Fsp3) is 0.647. The molecule has 2 rings (SSSR count). The van der Waals surface area contributed by atoms with Gasteiger partial charge in [0.05, 0.1) is 13.7 Å². The molecule has 1 atom stereocenters. The van der Waals surface area contributed by atoms with Crippen LogP contribution in [0.4, 0.5) is 0 Å². The van der Waals surface area contributed by atoms with Gasteiger partial charge in [-0.15, -0.1) is 0 Å². The molecule has 0 bridgehead atoms. The summed E-state index contributed by atoms with van der Waals surface area (Å²) in [5, 5.41) is 3.61. The lowest BCUT2D eigenvalue weighted by atomic mass is 9.88. The molecule has 3 nitrogen and oxygen atoms in total. The molecule has 20 heavy (non-hydrogen) atoms. The Morgan fingerprint density at radius 2 is 2.15 bits per heavy atom. The Labute approximate surface area is 122 Å². The van der Waals surface area contributed by atoms with E-state index in [1.807, 2.05) is 0 Å². The van der Waals surface area contributed by atoms with Crippen molar-refractivity contribution in [1.82, 2.24) is 5.32 Å². The lowest BCUT2D eigenvalue weighted by Gasteiger charge is -2.26. The zero-order valence-corrected chi connectivity index (χ0v) is 12.9. The first kappa shape index (κ1) is 15.3. The van der Waals surface area contributed by atoms with Gasteiger partial charge >= 0.3 is 0 Å². The molecule has 1 aromatic carbocycles. The molecule has 0 aliphatic heterocycles. The Hall–Kier alpha value is -1.06. The van der Waals surface area contributed by atoms with Crippen LogP contribution in [0.2, 0.25) is 0 Å². The highest BCUT2D eigenvalue weighted by Gasteiger charge is 2.18. The minimum atomic E-state index is 0.567. The third kappa shape index (κ3) is 4.50. The van der Waals surface area contributed by atoms with Crippen molar-refractivity contribution in [2.24, 2.45) is 5.92 Å². The van der Waals surface area contributed by atoms with Gasteiger partial charge in [0.15, 0.2) is 0 Å². The summed E-state index contributed by atoms with van der Waals surface area (Å²) in [6.45, 7) is 6.96. The van der Waals surface area contributed by atoms with Gasteiger partial charge < -0.3 is 14.8 Å². The zero-order chi connectivity index (χ0) is 14.4. The predicted octanol–water partition coefficient (Wildman–Crippen LogP) is 2.81. The fourth-order valence-corrected chi connectivity index (χ4v) is 2.69. The van der Waals surface area contributed by atoms with Crippen LogP contribution in [-0.2, 0) is 17.6 Å². The van der Waals surface area contributed by atoms with E-state index in [1.165, 1.54) is 17.5 Å². The number of aryl methyl sites for hydroxylation is 1. The molecule has 0 heterocycles. The van der Waals surface area contributed by atoms with E-state index in [4.69, 9.17) is 9.47 Å². The molecule has 0 aromatic heterocycles. The lowest BCUT2D eigenvalue weighted by molar-refractivity contribution is 0.109. The highest BCUT2D eigenvalue weighted by Crippen LogP contribution is 2.25.